The minimum Gasteiger partial charge on any atom is -0.497 e. The van der Waals surface area contributed by atoms with Crippen LogP contribution in [0.1, 0.15) is 31.2 Å². The van der Waals surface area contributed by atoms with E-state index in [9.17, 15) is 0 Å². The molecule has 2 aliphatic heterocycles. The summed E-state index contributed by atoms with van der Waals surface area (Å²) in [6.45, 7) is 6.76. The molecule has 0 radical (unpaired) electrons. The smallest absolute Gasteiger partial charge is 0.150 e. The van der Waals surface area contributed by atoms with E-state index in [1.807, 2.05) is 18.3 Å². The van der Waals surface area contributed by atoms with Crippen LogP contribution in [-0.2, 0) is 6.54 Å². The number of hydrogen-bond acceptors (Lipinski definition) is 8. The molecule has 3 aromatic rings. The summed E-state index contributed by atoms with van der Waals surface area (Å²) in [5.74, 6) is 2.72. The van der Waals surface area contributed by atoms with E-state index in [-0.39, 0.29) is 0 Å². The van der Waals surface area contributed by atoms with Gasteiger partial charge in [0.25, 0.3) is 0 Å². The Bertz CT molecular complexity index is 1190. The Morgan fingerprint density at radius 1 is 0.921 bits per heavy atom. The number of rotatable bonds is 7. The first kappa shape index (κ1) is 24.8. The van der Waals surface area contributed by atoms with Crippen LogP contribution in [0, 0.1) is 0 Å². The minimum atomic E-state index is 0.629. The highest BCUT2D eigenvalue weighted by molar-refractivity contribution is 5.60. The molecule has 1 aliphatic carbocycles. The second-order valence-corrected chi connectivity index (χ2v) is 10.5. The highest BCUT2D eigenvalue weighted by Gasteiger charge is 2.32. The fraction of sp³-hybridized carbons (Fsp3) is 0.467. The number of ether oxygens (including phenoxy) is 2. The summed E-state index contributed by atoms with van der Waals surface area (Å²) >= 11 is 0. The van der Waals surface area contributed by atoms with E-state index >= 15 is 0 Å². The monoisotopic (exact) mass is 514 g/mol. The van der Waals surface area contributed by atoms with Gasteiger partial charge in [-0.3, -0.25) is 4.90 Å². The zero-order valence-corrected chi connectivity index (χ0v) is 22.3. The number of nitrogens with zero attached hydrogens (tertiary/aromatic N) is 5. The van der Waals surface area contributed by atoms with Crippen LogP contribution < -0.4 is 24.6 Å². The van der Waals surface area contributed by atoms with Gasteiger partial charge in [0, 0.05) is 50.9 Å². The molecule has 200 valence electrons. The summed E-state index contributed by atoms with van der Waals surface area (Å²) in [7, 11) is 1.69. The van der Waals surface area contributed by atoms with Gasteiger partial charge in [-0.15, -0.1) is 5.10 Å². The lowest BCUT2D eigenvalue weighted by Crippen LogP contribution is -2.53. The molecular weight excluding hydrogens is 476 g/mol. The van der Waals surface area contributed by atoms with Crippen LogP contribution in [0.4, 0.5) is 17.2 Å². The molecule has 8 heteroatoms. The standard InChI is InChI=1S/C30H38N6O2/c1-37-27-12-6-23(7-13-27)21-31-30-20-26(22-32-33-30)35-16-14-34(15-17-35)24-8-10-25(11-9-24)36-18-19-38-29-5-3-2-4-28(29)36/h2-7,12-13,20,22,24-25H,8-11,14-19,21H2,1H3,(H,31,33). The minimum absolute atomic E-state index is 0.629. The van der Waals surface area contributed by atoms with E-state index in [1.54, 1.807) is 7.11 Å². The number of anilines is 3. The van der Waals surface area contributed by atoms with Gasteiger partial charge in [-0.25, -0.2) is 0 Å². The van der Waals surface area contributed by atoms with E-state index in [4.69, 9.17) is 9.47 Å². The Balaban J connectivity index is 0.985. The summed E-state index contributed by atoms with van der Waals surface area (Å²) in [6, 6.07) is 20.1. The third-order valence-electron chi connectivity index (χ3n) is 8.34. The van der Waals surface area contributed by atoms with Crippen molar-refractivity contribution in [3.05, 3.63) is 66.4 Å². The fourth-order valence-electron chi connectivity index (χ4n) is 6.20. The number of para-hydroxylation sites is 2. The van der Waals surface area contributed by atoms with E-state index in [2.05, 4.69) is 72.7 Å². The van der Waals surface area contributed by atoms with Crippen LogP contribution in [-0.4, -0.2) is 73.6 Å². The average molecular weight is 515 g/mol. The van der Waals surface area contributed by atoms with Crippen molar-refractivity contribution in [2.45, 2.75) is 44.3 Å². The van der Waals surface area contributed by atoms with Crippen molar-refractivity contribution in [1.82, 2.24) is 15.1 Å². The Labute approximate surface area is 225 Å². The van der Waals surface area contributed by atoms with Crippen LogP contribution in [0.25, 0.3) is 0 Å². The lowest BCUT2D eigenvalue weighted by molar-refractivity contribution is 0.139. The molecule has 3 heterocycles. The Morgan fingerprint density at radius 2 is 1.68 bits per heavy atom. The van der Waals surface area contributed by atoms with Gasteiger partial charge in [0.15, 0.2) is 5.82 Å². The number of methoxy groups -OCH3 is 1. The zero-order chi connectivity index (χ0) is 25.7. The first-order valence-corrected chi connectivity index (χ1v) is 13.9. The summed E-state index contributed by atoms with van der Waals surface area (Å²) in [6.07, 6.45) is 6.97. The van der Waals surface area contributed by atoms with Crippen molar-refractivity contribution in [2.24, 2.45) is 0 Å². The van der Waals surface area contributed by atoms with Gasteiger partial charge in [0.2, 0.25) is 0 Å². The molecule has 1 N–H and O–H groups in total. The van der Waals surface area contributed by atoms with Crippen LogP contribution >= 0.6 is 0 Å². The SMILES string of the molecule is COc1ccc(CNc2cc(N3CCN(C4CCC(N5CCOc6ccccc65)CC4)CC3)cnn2)cc1. The van der Waals surface area contributed by atoms with E-state index in [0.29, 0.717) is 18.6 Å². The van der Waals surface area contributed by atoms with Crippen molar-refractivity contribution in [3.8, 4) is 11.5 Å². The first-order valence-electron chi connectivity index (χ1n) is 13.9. The average Bonchev–Trinajstić information content (AvgIpc) is 3.00. The van der Waals surface area contributed by atoms with E-state index in [1.165, 1.54) is 36.9 Å². The largest absolute Gasteiger partial charge is 0.497 e. The third kappa shape index (κ3) is 5.50. The zero-order valence-electron chi connectivity index (χ0n) is 22.3. The molecule has 3 aliphatic rings. The Morgan fingerprint density at radius 3 is 2.47 bits per heavy atom. The fourth-order valence-corrected chi connectivity index (χ4v) is 6.20. The van der Waals surface area contributed by atoms with Gasteiger partial charge in [-0.2, -0.15) is 5.10 Å². The van der Waals surface area contributed by atoms with Crippen LogP contribution in [0.3, 0.4) is 0 Å². The molecule has 2 aromatic carbocycles. The van der Waals surface area contributed by atoms with Crippen molar-refractivity contribution >= 4 is 17.2 Å². The Kier molecular flexibility index (Phi) is 7.49. The highest BCUT2D eigenvalue weighted by Crippen LogP contribution is 2.37. The van der Waals surface area contributed by atoms with Gasteiger partial charge in [-0.1, -0.05) is 24.3 Å². The van der Waals surface area contributed by atoms with Crippen molar-refractivity contribution in [1.29, 1.82) is 0 Å². The van der Waals surface area contributed by atoms with E-state index in [0.717, 1.165) is 62.3 Å². The molecule has 38 heavy (non-hydrogen) atoms. The number of hydrogen-bond donors (Lipinski definition) is 1. The van der Waals surface area contributed by atoms with E-state index < -0.39 is 0 Å². The molecule has 0 bridgehead atoms. The number of fused-ring (bicyclic) bond motifs is 1. The quantitative estimate of drug-likeness (QED) is 0.497. The number of aromatic nitrogens is 2. The van der Waals surface area contributed by atoms with Crippen molar-refractivity contribution in [2.75, 3.05) is 61.6 Å². The molecular formula is C30H38N6O2. The molecule has 1 saturated carbocycles. The second kappa shape index (κ2) is 11.5. The van der Waals surface area contributed by atoms with Crippen LogP contribution in [0.15, 0.2) is 60.8 Å². The van der Waals surface area contributed by atoms with Crippen molar-refractivity contribution in [3.63, 3.8) is 0 Å². The maximum absolute atomic E-state index is 5.89. The molecule has 0 unspecified atom stereocenters. The van der Waals surface area contributed by atoms with Gasteiger partial charge < -0.3 is 24.6 Å². The topological polar surface area (TPSA) is 66.0 Å². The summed E-state index contributed by atoms with van der Waals surface area (Å²) in [4.78, 5) is 7.77. The molecule has 2 fully saturated rings. The molecule has 0 atom stereocenters. The second-order valence-electron chi connectivity index (χ2n) is 10.5. The predicted molar refractivity (Wildman–Crippen MR) is 151 cm³/mol. The first-order chi connectivity index (χ1) is 18.8. The molecule has 1 saturated heterocycles. The summed E-state index contributed by atoms with van der Waals surface area (Å²) < 4.78 is 11.1. The molecule has 0 amide bonds. The Hall–Kier alpha value is -3.52. The maximum atomic E-state index is 5.89. The number of piperazine rings is 1. The van der Waals surface area contributed by atoms with Gasteiger partial charge in [0.05, 0.1) is 31.2 Å². The third-order valence-corrected chi connectivity index (χ3v) is 8.34. The molecule has 0 spiro atoms. The van der Waals surface area contributed by atoms with Crippen molar-refractivity contribution < 1.29 is 9.47 Å². The normalized spacial score (nSPS) is 21.9. The van der Waals surface area contributed by atoms with Gasteiger partial charge >= 0.3 is 0 Å². The lowest BCUT2D eigenvalue weighted by Gasteiger charge is -2.45. The van der Waals surface area contributed by atoms with Gasteiger partial charge in [-0.05, 0) is 55.5 Å². The lowest BCUT2D eigenvalue weighted by atomic mass is 9.88. The van der Waals surface area contributed by atoms with Crippen LogP contribution in [0.5, 0.6) is 11.5 Å². The molecule has 6 rings (SSSR count). The maximum Gasteiger partial charge on any atom is 0.150 e. The summed E-state index contributed by atoms with van der Waals surface area (Å²) in [5.41, 5.74) is 3.60. The molecule has 1 aromatic heterocycles. The predicted octanol–water partition coefficient (Wildman–Crippen LogP) is 4.43. The van der Waals surface area contributed by atoms with Crippen LogP contribution in [0.2, 0.25) is 0 Å². The number of nitrogens with one attached hydrogen (secondary N) is 1. The summed E-state index contributed by atoms with van der Waals surface area (Å²) in [5, 5.41) is 12.0. The highest BCUT2D eigenvalue weighted by atomic mass is 16.5. The molecule has 8 nitrogen and oxygen atoms in total. The van der Waals surface area contributed by atoms with Gasteiger partial charge in [0.1, 0.15) is 18.1 Å². The number of benzene rings is 2.